The van der Waals surface area contributed by atoms with Gasteiger partial charge in [0.05, 0.1) is 29.2 Å². The second kappa shape index (κ2) is 7.23. The highest BCUT2D eigenvalue weighted by atomic mass is 32.2. The van der Waals surface area contributed by atoms with Crippen molar-refractivity contribution in [2.45, 2.75) is 17.9 Å². The van der Waals surface area contributed by atoms with E-state index in [0.717, 1.165) is 18.0 Å². The van der Waals surface area contributed by atoms with Crippen molar-refractivity contribution in [1.29, 1.82) is 0 Å². The number of hydrogen-bond acceptors (Lipinski definition) is 6. The Kier molecular flexibility index (Phi) is 4.87. The predicted octanol–water partition coefficient (Wildman–Crippen LogP) is 2.04. The first-order valence-electron chi connectivity index (χ1n) is 9.38. The molecule has 0 spiro atoms. The lowest BCUT2D eigenvalue weighted by Gasteiger charge is -2.36. The summed E-state index contributed by atoms with van der Waals surface area (Å²) in [5.74, 6) is 0.223. The van der Waals surface area contributed by atoms with Crippen molar-refractivity contribution in [2.24, 2.45) is 7.05 Å². The summed E-state index contributed by atoms with van der Waals surface area (Å²) in [6.07, 6.45) is -0.303. The quantitative estimate of drug-likeness (QED) is 0.632. The molecule has 0 aliphatic carbocycles. The third-order valence-corrected chi connectivity index (χ3v) is 7.06. The second-order valence-corrected chi connectivity index (χ2v) is 9.13. The van der Waals surface area contributed by atoms with Crippen LogP contribution in [0.2, 0.25) is 0 Å². The number of anilines is 1. The number of fused-ring (bicyclic) bond motifs is 2. The van der Waals surface area contributed by atoms with Gasteiger partial charge in [0.25, 0.3) is 0 Å². The number of nitrogens with zero attached hydrogens (tertiary/aromatic N) is 3. The van der Waals surface area contributed by atoms with E-state index >= 15 is 0 Å². The van der Waals surface area contributed by atoms with E-state index in [4.69, 9.17) is 9.15 Å². The molecule has 9 heteroatoms. The molecule has 8 nitrogen and oxygen atoms in total. The SMILES string of the molecule is CCN1CC(CN(C)S(=O)(=O)c2ccc3c(c2)oc(=O)n3C)Oc2ccccc21. The smallest absolute Gasteiger partial charge is 0.419 e. The summed E-state index contributed by atoms with van der Waals surface area (Å²) in [5.41, 5.74) is 1.80. The number of sulfonamides is 1. The molecule has 1 aliphatic heterocycles. The highest BCUT2D eigenvalue weighted by Gasteiger charge is 2.30. The number of likely N-dealkylation sites (N-methyl/N-ethyl adjacent to an activating group) is 2. The number of aromatic nitrogens is 1. The zero-order valence-corrected chi connectivity index (χ0v) is 17.3. The van der Waals surface area contributed by atoms with Gasteiger partial charge in [-0.15, -0.1) is 0 Å². The van der Waals surface area contributed by atoms with Crippen LogP contribution in [0.5, 0.6) is 5.75 Å². The summed E-state index contributed by atoms with van der Waals surface area (Å²) in [4.78, 5) is 13.9. The van der Waals surface area contributed by atoms with E-state index in [0.29, 0.717) is 12.1 Å². The molecule has 0 fully saturated rings. The summed E-state index contributed by atoms with van der Waals surface area (Å²) in [6.45, 7) is 3.66. The molecule has 1 unspecified atom stereocenters. The van der Waals surface area contributed by atoms with Crippen molar-refractivity contribution in [3.05, 3.63) is 53.0 Å². The van der Waals surface area contributed by atoms with Crippen LogP contribution in [0, 0.1) is 0 Å². The van der Waals surface area contributed by atoms with Crippen LogP contribution in [-0.2, 0) is 17.1 Å². The lowest BCUT2D eigenvalue weighted by molar-refractivity contribution is 0.171. The van der Waals surface area contributed by atoms with E-state index in [1.807, 2.05) is 24.3 Å². The number of para-hydroxylation sites is 2. The van der Waals surface area contributed by atoms with Crippen LogP contribution in [0.15, 0.2) is 56.6 Å². The highest BCUT2D eigenvalue weighted by Crippen LogP contribution is 2.33. The molecule has 0 saturated heterocycles. The molecule has 154 valence electrons. The van der Waals surface area contributed by atoms with Crippen molar-refractivity contribution in [3.63, 3.8) is 0 Å². The summed E-state index contributed by atoms with van der Waals surface area (Å²) in [5, 5.41) is 0. The largest absolute Gasteiger partial charge is 0.485 e. The minimum Gasteiger partial charge on any atom is -0.485 e. The Balaban J connectivity index is 1.58. The Bertz CT molecular complexity index is 1210. The van der Waals surface area contributed by atoms with E-state index in [1.165, 1.54) is 28.1 Å². The molecular weight excluding hydrogens is 394 g/mol. The highest BCUT2D eigenvalue weighted by molar-refractivity contribution is 7.89. The van der Waals surface area contributed by atoms with Crippen LogP contribution in [-0.4, -0.2) is 50.1 Å². The fourth-order valence-corrected chi connectivity index (χ4v) is 4.83. The molecule has 0 N–H and O–H groups in total. The number of ether oxygens (including phenoxy) is 1. The first-order valence-corrected chi connectivity index (χ1v) is 10.8. The van der Waals surface area contributed by atoms with Crippen molar-refractivity contribution >= 4 is 26.8 Å². The first-order chi connectivity index (χ1) is 13.8. The van der Waals surface area contributed by atoms with Crippen LogP contribution in [0.1, 0.15) is 6.92 Å². The van der Waals surface area contributed by atoms with Crippen LogP contribution < -0.4 is 15.4 Å². The zero-order valence-electron chi connectivity index (χ0n) is 16.5. The van der Waals surface area contributed by atoms with Gasteiger partial charge in [0.15, 0.2) is 5.58 Å². The van der Waals surface area contributed by atoms with Crippen molar-refractivity contribution in [1.82, 2.24) is 8.87 Å². The summed E-state index contributed by atoms with van der Waals surface area (Å²) >= 11 is 0. The molecule has 3 aromatic rings. The van der Waals surface area contributed by atoms with E-state index in [9.17, 15) is 13.2 Å². The van der Waals surface area contributed by atoms with E-state index < -0.39 is 15.8 Å². The van der Waals surface area contributed by atoms with Gasteiger partial charge in [0.1, 0.15) is 11.9 Å². The Morgan fingerprint density at radius 1 is 1.21 bits per heavy atom. The normalized spacial score (nSPS) is 16.8. The molecule has 4 rings (SSSR count). The minimum atomic E-state index is -3.77. The van der Waals surface area contributed by atoms with Crippen LogP contribution in [0.4, 0.5) is 5.69 Å². The van der Waals surface area contributed by atoms with Gasteiger partial charge in [-0.25, -0.2) is 13.2 Å². The number of hydrogen-bond donors (Lipinski definition) is 0. The third kappa shape index (κ3) is 3.40. The van der Waals surface area contributed by atoms with Gasteiger partial charge < -0.3 is 14.1 Å². The van der Waals surface area contributed by atoms with Crippen LogP contribution in [0.25, 0.3) is 11.1 Å². The van der Waals surface area contributed by atoms with Gasteiger partial charge >= 0.3 is 5.76 Å². The van der Waals surface area contributed by atoms with Crippen LogP contribution in [0.3, 0.4) is 0 Å². The Morgan fingerprint density at radius 3 is 2.72 bits per heavy atom. The fraction of sp³-hybridized carbons (Fsp3) is 0.350. The van der Waals surface area contributed by atoms with Gasteiger partial charge in [0.2, 0.25) is 10.0 Å². The zero-order chi connectivity index (χ0) is 20.8. The summed E-state index contributed by atoms with van der Waals surface area (Å²) in [7, 11) is -0.667. The molecule has 1 aromatic heterocycles. The molecule has 0 bridgehead atoms. The van der Waals surface area contributed by atoms with Gasteiger partial charge in [-0.3, -0.25) is 4.57 Å². The third-order valence-electron chi connectivity index (χ3n) is 5.24. The lowest BCUT2D eigenvalue weighted by atomic mass is 10.2. The fourth-order valence-electron chi connectivity index (χ4n) is 3.61. The van der Waals surface area contributed by atoms with Gasteiger partial charge in [-0.2, -0.15) is 4.31 Å². The molecular formula is C20H23N3O5S. The maximum Gasteiger partial charge on any atom is 0.419 e. The minimum absolute atomic E-state index is 0.0745. The Labute approximate surface area is 168 Å². The monoisotopic (exact) mass is 417 g/mol. The molecule has 1 atom stereocenters. The summed E-state index contributed by atoms with van der Waals surface area (Å²) in [6, 6.07) is 12.2. The maximum atomic E-state index is 13.1. The average molecular weight is 417 g/mol. The molecule has 1 aliphatic rings. The Hall–Kier alpha value is -2.78. The van der Waals surface area contributed by atoms with Gasteiger partial charge in [0, 0.05) is 26.7 Å². The molecule has 2 heterocycles. The number of oxazole rings is 1. The van der Waals surface area contributed by atoms with E-state index in [1.54, 1.807) is 13.1 Å². The number of rotatable bonds is 5. The predicted molar refractivity (Wildman–Crippen MR) is 110 cm³/mol. The number of benzene rings is 2. The standard InChI is InChI=1S/C20H23N3O5S/c1-4-23-13-14(27-18-8-6-5-7-17(18)23)12-21(2)29(25,26)15-9-10-16-19(11-15)28-20(24)22(16)3/h5-11,14H,4,12-13H2,1-3H3. The van der Waals surface area contributed by atoms with E-state index in [2.05, 4.69) is 11.8 Å². The first kappa shape index (κ1) is 19.5. The molecule has 0 radical (unpaired) electrons. The molecule has 29 heavy (non-hydrogen) atoms. The Morgan fingerprint density at radius 2 is 1.97 bits per heavy atom. The summed E-state index contributed by atoms with van der Waals surface area (Å²) < 4.78 is 39.9. The van der Waals surface area contributed by atoms with Crippen molar-refractivity contribution in [2.75, 3.05) is 31.6 Å². The lowest BCUT2D eigenvalue weighted by Crippen LogP contribution is -2.46. The van der Waals surface area contributed by atoms with Crippen molar-refractivity contribution in [3.8, 4) is 5.75 Å². The molecule has 0 saturated carbocycles. The maximum absolute atomic E-state index is 13.1. The van der Waals surface area contributed by atoms with E-state index in [-0.39, 0.29) is 23.1 Å². The second-order valence-electron chi connectivity index (χ2n) is 7.09. The average Bonchev–Trinajstić information content (AvgIpc) is 3.00. The van der Waals surface area contributed by atoms with Gasteiger partial charge in [-0.1, -0.05) is 12.1 Å². The van der Waals surface area contributed by atoms with Crippen molar-refractivity contribution < 1.29 is 17.6 Å². The van der Waals surface area contributed by atoms with Crippen LogP contribution >= 0.6 is 0 Å². The van der Waals surface area contributed by atoms with Gasteiger partial charge in [-0.05, 0) is 31.2 Å². The molecule has 2 aromatic carbocycles. The number of aryl methyl sites for hydroxylation is 1. The molecule has 0 amide bonds. The topological polar surface area (TPSA) is 85.0 Å².